The standard InChI is InChI=1S/C15H20N2O/c1-3-9-16-12(2)11-17-10-8-15(18)13-6-4-5-7-14(13)17/h4-8,10,12,16H,3,9,11H2,1-2H3. The van der Waals surface area contributed by atoms with Crippen molar-refractivity contribution >= 4 is 10.9 Å². The lowest BCUT2D eigenvalue weighted by Gasteiger charge is -2.17. The van der Waals surface area contributed by atoms with Crippen LogP contribution in [0.3, 0.4) is 0 Å². The summed E-state index contributed by atoms with van der Waals surface area (Å²) in [4.78, 5) is 11.8. The average Bonchev–Trinajstić information content (AvgIpc) is 2.40. The van der Waals surface area contributed by atoms with Gasteiger partial charge in [0, 0.05) is 30.2 Å². The van der Waals surface area contributed by atoms with E-state index in [4.69, 9.17) is 0 Å². The second kappa shape index (κ2) is 5.83. The summed E-state index contributed by atoms with van der Waals surface area (Å²) in [5.74, 6) is 0. The minimum atomic E-state index is 0.0935. The van der Waals surface area contributed by atoms with Crippen molar-refractivity contribution in [1.82, 2.24) is 9.88 Å². The molecule has 3 heteroatoms. The van der Waals surface area contributed by atoms with E-state index in [-0.39, 0.29) is 5.43 Å². The van der Waals surface area contributed by atoms with Crippen molar-refractivity contribution < 1.29 is 0 Å². The molecule has 1 aromatic heterocycles. The van der Waals surface area contributed by atoms with Gasteiger partial charge in [0.25, 0.3) is 0 Å². The Balaban J connectivity index is 2.29. The fourth-order valence-corrected chi connectivity index (χ4v) is 2.17. The van der Waals surface area contributed by atoms with Crippen LogP contribution in [-0.4, -0.2) is 17.2 Å². The van der Waals surface area contributed by atoms with Crippen LogP contribution < -0.4 is 10.7 Å². The van der Waals surface area contributed by atoms with Crippen LogP contribution in [-0.2, 0) is 6.54 Å². The molecule has 1 unspecified atom stereocenters. The van der Waals surface area contributed by atoms with Crippen molar-refractivity contribution in [2.45, 2.75) is 32.9 Å². The molecule has 0 saturated heterocycles. The number of pyridine rings is 1. The number of fused-ring (bicyclic) bond motifs is 1. The van der Waals surface area contributed by atoms with Crippen molar-refractivity contribution in [1.29, 1.82) is 0 Å². The van der Waals surface area contributed by atoms with E-state index < -0.39 is 0 Å². The highest BCUT2D eigenvalue weighted by atomic mass is 16.1. The third kappa shape index (κ3) is 2.79. The number of nitrogens with one attached hydrogen (secondary N) is 1. The lowest BCUT2D eigenvalue weighted by atomic mass is 10.2. The van der Waals surface area contributed by atoms with Crippen molar-refractivity contribution in [3.05, 3.63) is 46.8 Å². The van der Waals surface area contributed by atoms with E-state index in [0.717, 1.165) is 30.4 Å². The van der Waals surface area contributed by atoms with Crippen LogP contribution in [0.5, 0.6) is 0 Å². The fraction of sp³-hybridized carbons (Fsp3) is 0.400. The number of rotatable bonds is 5. The van der Waals surface area contributed by atoms with E-state index in [0.29, 0.717) is 6.04 Å². The van der Waals surface area contributed by atoms with E-state index >= 15 is 0 Å². The van der Waals surface area contributed by atoms with Gasteiger partial charge in [0.1, 0.15) is 0 Å². The second-order valence-electron chi connectivity index (χ2n) is 4.70. The predicted octanol–water partition coefficient (Wildman–Crippen LogP) is 2.39. The van der Waals surface area contributed by atoms with Crippen LogP contribution >= 0.6 is 0 Å². The molecular formula is C15H20N2O. The van der Waals surface area contributed by atoms with Crippen molar-refractivity contribution in [2.24, 2.45) is 0 Å². The maximum Gasteiger partial charge on any atom is 0.189 e. The molecule has 0 fully saturated rings. The highest BCUT2D eigenvalue weighted by molar-refractivity contribution is 5.78. The second-order valence-corrected chi connectivity index (χ2v) is 4.70. The maximum absolute atomic E-state index is 11.8. The van der Waals surface area contributed by atoms with Gasteiger partial charge in [0.05, 0.1) is 5.52 Å². The summed E-state index contributed by atoms with van der Waals surface area (Å²) in [6, 6.07) is 9.82. The van der Waals surface area contributed by atoms with Crippen LogP contribution in [0, 0.1) is 0 Å². The Hall–Kier alpha value is -1.61. The zero-order chi connectivity index (χ0) is 13.0. The normalized spacial score (nSPS) is 12.8. The zero-order valence-corrected chi connectivity index (χ0v) is 11.0. The maximum atomic E-state index is 11.8. The summed E-state index contributed by atoms with van der Waals surface area (Å²) in [6.45, 7) is 6.23. The number of hydrogen-bond donors (Lipinski definition) is 1. The number of hydrogen-bond acceptors (Lipinski definition) is 2. The summed E-state index contributed by atoms with van der Waals surface area (Å²) in [7, 11) is 0. The Morgan fingerprint density at radius 3 is 2.83 bits per heavy atom. The Morgan fingerprint density at radius 2 is 2.06 bits per heavy atom. The SMILES string of the molecule is CCCNC(C)Cn1ccc(=O)c2ccccc21. The Bertz CT molecular complexity index is 574. The molecule has 0 bridgehead atoms. The van der Waals surface area contributed by atoms with Crippen molar-refractivity contribution in [3.8, 4) is 0 Å². The Kier molecular flexibility index (Phi) is 4.15. The monoisotopic (exact) mass is 244 g/mol. The summed E-state index contributed by atoms with van der Waals surface area (Å²) < 4.78 is 2.14. The van der Waals surface area contributed by atoms with Gasteiger partial charge in [-0.15, -0.1) is 0 Å². The molecule has 0 aliphatic heterocycles. The summed E-state index contributed by atoms with van der Waals surface area (Å²) in [6.07, 6.45) is 3.02. The molecule has 1 heterocycles. The van der Waals surface area contributed by atoms with Gasteiger partial charge in [-0.05, 0) is 32.0 Å². The van der Waals surface area contributed by atoms with Gasteiger partial charge in [-0.3, -0.25) is 4.79 Å². The van der Waals surface area contributed by atoms with Crippen LogP contribution in [0.15, 0.2) is 41.3 Å². The first-order valence-corrected chi connectivity index (χ1v) is 6.54. The molecule has 18 heavy (non-hydrogen) atoms. The fourth-order valence-electron chi connectivity index (χ4n) is 2.17. The molecule has 2 aromatic rings. The Labute approximate surface area is 107 Å². The van der Waals surface area contributed by atoms with E-state index in [9.17, 15) is 4.79 Å². The molecule has 0 aliphatic carbocycles. The first-order valence-electron chi connectivity index (χ1n) is 6.54. The van der Waals surface area contributed by atoms with Crippen LogP contribution in [0.1, 0.15) is 20.3 Å². The molecule has 1 atom stereocenters. The van der Waals surface area contributed by atoms with E-state index in [1.807, 2.05) is 30.5 Å². The van der Waals surface area contributed by atoms with E-state index in [1.165, 1.54) is 0 Å². The first-order chi connectivity index (χ1) is 8.72. The van der Waals surface area contributed by atoms with Crippen LogP contribution in [0.4, 0.5) is 0 Å². The topological polar surface area (TPSA) is 34.0 Å². The minimum absolute atomic E-state index is 0.0935. The third-order valence-corrected chi connectivity index (χ3v) is 3.10. The number of nitrogens with zero attached hydrogens (tertiary/aromatic N) is 1. The predicted molar refractivity (Wildman–Crippen MR) is 76.0 cm³/mol. The third-order valence-electron chi connectivity index (χ3n) is 3.10. The molecule has 1 aromatic carbocycles. The lowest BCUT2D eigenvalue weighted by Crippen LogP contribution is -2.31. The smallest absolute Gasteiger partial charge is 0.189 e. The van der Waals surface area contributed by atoms with Gasteiger partial charge in [-0.25, -0.2) is 0 Å². The van der Waals surface area contributed by atoms with Crippen molar-refractivity contribution in [3.63, 3.8) is 0 Å². The van der Waals surface area contributed by atoms with Gasteiger partial charge >= 0.3 is 0 Å². The quantitative estimate of drug-likeness (QED) is 0.876. The van der Waals surface area contributed by atoms with Crippen LogP contribution in [0.25, 0.3) is 10.9 Å². The van der Waals surface area contributed by atoms with Gasteiger partial charge in [-0.2, -0.15) is 0 Å². The first kappa shape index (κ1) is 12.8. The number of benzene rings is 1. The van der Waals surface area contributed by atoms with Gasteiger partial charge in [-0.1, -0.05) is 19.1 Å². The lowest BCUT2D eigenvalue weighted by molar-refractivity contribution is 0.483. The summed E-state index contributed by atoms with van der Waals surface area (Å²) >= 11 is 0. The van der Waals surface area contributed by atoms with E-state index in [2.05, 4.69) is 23.7 Å². The molecule has 1 N–H and O–H groups in total. The van der Waals surface area contributed by atoms with Gasteiger partial charge < -0.3 is 9.88 Å². The van der Waals surface area contributed by atoms with Gasteiger partial charge in [0.15, 0.2) is 5.43 Å². The molecule has 2 rings (SSSR count). The largest absolute Gasteiger partial charge is 0.346 e. The van der Waals surface area contributed by atoms with Crippen molar-refractivity contribution in [2.75, 3.05) is 6.54 Å². The number of aromatic nitrogens is 1. The summed E-state index contributed by atoms with van der Waals surface area (Å²) in [5.41, 5.74) is 1.10. The van der Waals surface area contributed by atoms with E-state index in [1.54, 1.807) is 6.07 Å². The highest BCUT2D eigenvalue weighted by Crippen LogP contribution is 2.09. The highest BCUT2D eigenvalue weighted by Gasteiger charge is 2.05. The molecule has 0 amide bonds. The van der Waals surface area contributed by atoms with Gasteiger partial charge in [0.2, 0.25) is 0 Å². The number of para-hydroxylation sites is 1. The molecule has 96 valence electrons. The summed E-state index contributed by atoms with van der Waals surface area (Å²) in [5, 5.41) is 4.26. The average molecular weight is 244 g/mol. The molecular weight excluding hydrogens is 224 g/mol. The molecule has 0 saturated carbocycles. The van der Waals surface area contributed by atoms with Crippen LogP contribution in [0.2, 0.25) is 0 Å². The molecule has 0 spiro atoms. The molecule has 0 radical (unpaired) electrons. The molecule has 0 aliphatic rings. The molecule has 3 nitrogen and oxygen atoms in total. The minimum Gasteiger partial charge on any atom is -0.346 e. The Morgan fingerprint density at radius 1 is 1.28 bits per heavy atom. The zero-order valence-electron chi connectivity index (χ0n) is 11.0.